The molecule has 0 aliphatic carbocycles. The molecule has 0 bridgehead atoms. The first kappa shape index (κ1) is 18.7. The number of rotatable bonds is 4. The van der Waals surface area contributed by atoms with E-state index in [4.69, 9.17) is 4.98 Å². The molecule has 5 heteroatoms. The summed E-state index contributed by atoms with van der Waals surface area (Å²) in [6.45, 7) is 12.8. The first-order valence-electron chi connectivity index (χ1n) is 8.47. The van der Waals surface area contributed by atoms with Crippen LogP contribution in [0.3, 0.4) is 0 Å². The van der Waals surface area contributed by atoms with E-state index in [1.54, 1.807) is 0 Å². The topological polar surface area (TPSA) is 72.8 Å². The Labute approximate surface area is 149 Å². The number of nitrogens with zero attached hydrogens (tertiary/aromatic N) is 3. The molecule has 0 aliphatic rings. The zero-order chi connectivity index (χ0) is 18.9. The lowest BCUT2D eigenvalue weighted by Gasteiger charge is -2.31. The van der Waals surface area contributed by atoms with Crippen molar-refractivity contribution in [2.24, 2.45) is 0 Å². The lowest BCUT2D eigenvalue weighted by atomic mass is 9.75. The minimum Gasteiger partial charge on any atom is -0.346 e. The summed E-state index contributed by atoms with van der Waals surface area (Å²) in [5.74, 6) is 0.574. The van der Waals surface area contributed by atoms with Gasteiger partial charge in [-0.1, -0.05) is 13.8 Å². The van der Waals surface area contributed by atoms with E-state index in [1.165, 1.54) is 0 Å². The molecule has 0 atom stereocenters. The smallest absolute Gasteiger partial charge is 0.255 e. The highest BCUT2D eigenvalue weighted by molar-refractivity contribution is 5.51. The van der Waals surface area contributed by atoms with Crippen LogP contribution in [0.5, 0.6) is 0 Å². The molecule has 1 aromatic carbocycles. The molecular formula is C20H26N4O. The van der Waals surface area contributed by atoms with E-state index < -0.39 is 5.41 Å². The molecule has 0 saturated carbocycles. The minimum atomic E-state index is -0.455. The number of hydrogen-bond acceptors (Lipinski definition) is 4. The van der Waals surface area contributed by atoms with Crippen molar-refractivity contribution in [3.8, 4) is 6.07 Å². The van der Waals surface area contributed by atoms with E-state index in [0.717, 1.165) is 28.9 Å². The maximum absolute atomic E-state index is 12.5. The highest BCUT2D eigenvalue weighted by atomic mass is 16.1. The molecule has 0 spiro atoms. The van der Waals surface area contributed by atoms with Crippen molar-refractivity contribution in [2.45, 2.75) is 47.0 Å². The molecule has 0 saturated heterocycles. The number of nitriles is 1. The molecule has 25 heavy (non-hydrogen) atoms. The van der Waals surface area contributed by atoms with Gasteiger partial charge in [-0.3, -0.25) is 9.78 Å². The molecule has 1 N–H and O–H groups in total. The first-order valence-corrected chi connectivity index (χ1v) is 8.47. The Morgan fingerprint density at radius 1 is 1.24 bits per heavy atom. The van der Waals surface area contributed by atoms with Crippen LogP contribution in [0.15, 0.2) is 16.9 Å². The predicted octanol–water partition coefficient (Wildman–Crippen LogP) is 3.35. The third-order valence-electron chi connectivity index (χ3n) is 4.85. The summed E-state index contributed by atoms with van der Waals surface area (Å²) in [4.78, 5) is 22.0. The largest absolute Gasteiger partial charge is 0.346 e. The number of benzene rings is 1. The molecule has 0 radical (unpaired) electrons. The lowest BCUT2D eigenvalue weighted by molar-refractivity contribution is 0.597. The fourth-order valence-electron chi connectivity index (χ4n) is 3.59. The Hall–Kier alpha value is -2.61. The molecule has 0 unspecified atom stereocenters. The van der Waals surface area contributed by atoms with Gasteiger partial charge in [-0.25, -0.2) is 4.98 Å². The van der Waals surface area contributed by atoms with Gasteiger partial charge in [0.15, 0.2) is 0 Å². The number of nitrogens with one attached hydrogen (secondary N) is 1. The molecule has 0 aliphatic heterocycles. The summed E-state index contributed by atoms with van der Waals surface area (Å²) in [6.07, 6.45) is 0. The van der Waals surface area contributed by atoms with Crippen LogP contribution in [0.4, 0.5) is 5.95 Å². The van der Waals surface area contributed by atoms with Crippen molar-refractivity contribution in [1.29, 1.82) is 5.26 Å². The second-order valence-electron chi connectivity index (χ2n) is 7.10. The number of hydrogen-bond donors (Lipinski definition) is 1. The van der Waals surface area contributed by atoms with Gasteiger partial charge < -0.3 is 4.90 Å². The first-order chi connectivity index (χ1) is 11.6. The quantitative estimate of drug-likeness (QED) is 0.928. The fraction of sp³-hybridized carbons (Fsp3) is 0.450. The van der Waals surface area contributed by atoms with Gasteiger partial charge >= 0.3 is 0 Å². The van der Waals surface area contributed by atoms with E-state index in [-0.39, 0.29) is 5.56 Å². The third-order valence-corrected chi connectivity index (χ3v) is 4.85. The zero-order valence-corrected chi connectivity index (χ0v) is 16.1. The van der Waals surface area contributed by atoms with Gasteiger partial charge in [0.2, 0.25) is 5.95 Å². The fourth-order valence-corrected chi connectivity index (χ4v) is 3.59. The van der Waals surface area contributed by atoms with Crippen LogP contribution in [-0.2, 0) is 5.41 Å². The van der Waals surface area contributed by atoms with E-state index in [1.807, 2.05) is 51.8 Å². The summed E-state index contributed by atoms with van der Waals surface area (Å²) in [5.41, 5.74) is 4.65. The number of aromatic nitrogens is 2. The molecule has 1 aromatic heterocycles. The predicted molar refractivity (Wildman–Crippen MR) is 101 cm³/mol. The Balaban J connectivity index is 2.75. The van der Waals surface area contributed by atoms with E-state index in [9.17, 15) is 10.1 Å². The van der Waals surface area contributed by atoms with Crippen molar-refractivity contribution < 1.29 is 0 Å². The molecule has 0 amide bonds. The standard InChI is InChI=1S/C20H26N4O/c1-8-24(7)19-22-17(14(4)18(25)23-19)20(5,6)16-12(2)9-15(11-21)10-13(16)3/h9-10H,8H2,1-7H3,(H,22,23,25). The van der Waals surface area contributed by atoms with Crippen molar-refractivity contribution in [3.63, 3.8) is 0 Å². The SMILES string of the molecule is CCN(C)c1nc(C(C)(C)c2c(C)cc(C#N)cc2C)c(C)c(=O)[nH]1. The monoisotopic (exact) mass is 338 g/mol. The van der Waals surface area contributed by atoms with E-state index in [0.29, 0.717) is 17.1 Å². The van der Waals surface area contributed by atoms with E-state index in [2.05, 4.69) is 24.9 Å². The van der Waals surface area contributed by atoms with Gasteiger partial charge in [-0.05, 0) is 56.5 Å². The van der Waals surface area contributed by atoms with Crippen molar-refractivity contribution in [1.82, 2.24) is 9.97 Å². The van der Waals surface area contributed by atoms with Crippen molar-refractivity contribution in [2.75, 3.05) is 18.5 Å². The van der Waals surface area contributed by atoms with Crippen molar-refractivity contribution in [3.05, 3.63) is 56.0 Å². The van der Waals surface area contributed by atoms with Crippen molar-refractivity contribution >= 4 is 5.95 Å². The van der Waals surface area contributed by atoms with Crippen LogP contribution in [0, 0.1) is 32.1 Å². The molecule has 1 heterocycles. The van der Waals surface area contributed by atoms with Gasteiger partial charge in [-0.15, -0.1) is 0 Å². The van der Waals surface area contributed by atoms with Gasteiger partial charge in [0.05, 0.1) is 17.3 Å². The van der Waals surface area contributed by atoms with Gasteiger partial charge in [0.25, 0.3) is 5.56 Å². The average molecular weight is 338 g/mol. The number of aryl methyl sites for hydroxylation is 2. The van der Waals surface area contributed by atoms with Crippen LogP contribution in [0.2, 0.25) is 0 Å². The van der Waals surface area contributed by atoms with Crippen LogP contribution in [0.1, 0.15) is 54.3 Å². The number of aromatic amines is 1. The van der Waals surface area contributed by atoms with Gasteiger partial charge in [-0.2, -0.15) is 5.26 Å². The molecule has 2 rings (SSSR count). The molecule has 132 valence electrons. The molecule has 5 nitrogen and oxygen atoms in total. The third kappa shape index (κ3) is 3.30. The maximum atomic E-state index is 12.5. The molecule has 2 aromatic rings. The summed E-state index contributed by atoms with van der Waals surface area (Å²) >= 11 is 0. The highest BCUT2D eigenvalue weighted by Gasteiger charge is 2.31. The summed E-state index contributed by atoms with van der Waals surface area (Å²) in [5, 5.41) is 9.19. The average Bonchev–Trinajstić information content (AvgIpc) is 2.55. The second-order valence-corrected chi connectivity index (χ2v) is 7.10. The highest BCUT2D eigenvalue weighted by Crippen LogP contribution is 2.36. The summed E-state index contributed by atoms with van der Waals surface area (Å²) in [6, 6.07) is 5.99. The Kier molecular flexibility index (Phi) is 5.03. The Morgan fingerprint density at radius 2 is 1.80 bits per heavy atom. The summed E-state index contributed by atoms with van der Waals surface area (Å²) < 4.78 is 0. The normalized spacial score (nSPS) is 11.3. The summed E-state index contributed by atoms with van der Waals surface area (Å²) in [7, 11) is 1.91. The van der Waals surface area contributed by atoms with Crippen LogP contribution < -0.4 is 10.5 Å². The molecule has 0 fully saturated rings. The molecular weight excluding hydrogens is 312 g/mol. The number of H-pyrrole nitrogens is 1. The number of anilines is 1. The van der Waals surface area contributed by atoms with Gasteiger partial charge in [0.1, 0.15) is 0 Å². The van der Waals surface area contributed by atoms with Gasteiger partial charge in [0, 0.05) is 24.6 Å². The van der Waals surface area contributed by atoms with Crippen LogP contribution in [0.25, 0.3) is 0 Å². The van der Waals surface area contributed by atoms with Crippen LogP contribution >= 0.6 is 0 Å². The minimum absolute atomic E-state index is 0.114. The zero-order valence-electron chi connectivity index (χ0n) is 16.1. The maximum Gasteiger partial charge on any atom is 0.255 e. The second kappa shape index (κ2) is 6.72. The lowest BCUT2D eigenvalue weighted by Crippen LogP contribution is -2.31. The Morgan fingerprint density at radius 3 is 2.28 bits per heavy atom. The van der Waals surface area contributed by atoms with E-state index >= 15 is 0 Å². The van der Waals surface area contributed by atoms with Crippen LogP contribution in [-0.4, -0.2) is 23.6 Å². The Bertz CT molecular complexity index is 880.